The highest BCUT2D eigenvalue weighted by Crippen LogP contribution is 2.33. The molecule has 6 heteroatoms. The van der Waals surface area contributed by atoms with E-state index in [0.29, 0.717) is 10.7 Å². The van der Waals surface area contributed by atoms with E-state index in [0.717, 1.165) is 30.8 Å². The number of halogens is 4. The van der Waals surface area contributed by atoms with Crippen molar-refractivity contribution in [2.45, 2.75) is 51.1 Å². The van der Waals surface area contributed by atoms with Crippen molar-refractivity contribution in [1.29, 1.82) is 0 Å². The molecule has 0 aliphatic heterocycles. The van der Waals surface area contributed by atoms with E-state index < -0.39 is 11.7 Å². The molecule has 2 heterocycles. The third-order valence-electron chi connectivity index (χ3n) is 4.24. The van der Waals surface area contributed by atoms with E-state index in [1.54, 1.807) is 6.20 Å². The molecule has 0 saturated heterocycles. The SMILES string of the molecule is CC(CCC(C)(C)c1ccc(C(F)(F)F)cn1)c1ccc(Cl)cn1. The van der Waals surface area contributed by atoms with Crippen molar-refractivity contribution < 1.29 is 13.2 Å². The minimum absolute atomic E-state index is 0.232. The highest BCUT2D eigenvalue weighted by molar-refractivity contribution is 6.30. The van der Waals surface area contributed by atoms with Crippen LogP contribution in [-0.2, 0) is 11.6 Å². The van der Waals surface area contributed by atoms with Crippen molar-refractivity contribution in [1.82, 2.24) is 9.97 Å². The fourth-order valence-corrected chi connectivity index (χ4v) is 2.61. The van der Waals surface area contributed by atoms with Gasteiger partial charge in [0.25, 0.3) is 0 Å². The summed E-state index contributed by atoms with van der Waals surface area (Å²) in [5.41, 5.74) is 0.577. The fourth-order valence-electron chi connectivity index (χ4n) is 2.49. The Hall–Kier alpha value is -1.62. The fraction of sp³-hybridized carbons (Fsp3) is 0.444. The molecular formula is C18H20ClF3N2. The van der Waals surface area contributed by atoms with Gasteiger partial charge in [0.15, 0.2) is 0 Å². The molecule has 0 bridgehead atoms. The number of hydrogen-bond acceptors (Lipinski definition) is 2. The molecule has 0 amide bonds. The van der Waals surface area contributed by atoms with E-state index in [1.165, 1.54) is 6.07 Å². The molecule has 130 valence electrons. The average molecular weight is 357 g/mol. The maximum absolute atomic E-state index is 12.6. The lowest BCUT2D eigenvalue weighted by atomic mass is 9.81. The van der Waals surface area contributed by atoms with Crippen LogP contribution in [0.15, 0.2) is 36.7 Å². The van der Waals surface area contributed by atoms with Crippen LogP contribution in [-0.4, -0.2) is 9.97 Å². The van der Waals surface area contributed by atoms with E-state index in [2.05, 4.69) is 16.9 Å². The van der Waals surface area contributed by atoms with Crippen LogP contribution in [0, 0.1) is 0 Å². The molecule has 0 aliphatic carbocycles. The summed E-state index contributed by atoms with van der Waals surface area (Å²) in [5.74, 6) is 0.232. The third-order valence-corrected chi connectivity index (χ3v) is 4.47. The summed E-state index contributed by atoms with van der Waals surface area (Å²) in [6.07, 6.45) is -0.192. The lowest BCUT2D eigenvalue weighted by Crippen LogP contribution is -2.20. The zero-order valence-corrected chi connectivity index (χ0v) is 14.6. The van der Waals surface area contributed by atoms with Gasteiger partial charge in [-0.3, -0.25) is 9.97 Å². The first-order chi connectivity index (χ1) is 11.1. The average Bonchev–Trinajstić information content (AvgIpc) is 2.53. The Labute approximate surface area is 145 Å². The second kappa shape index (κ2) is 7.09. The Morgan fingerprint density at radius 3 is 2.25 bits per heavy atom. The number of nitrogens with zero attached hydrogens (tertiary/aromatic N) is 2. The van der Waals surface area contributed by atoms with Crippen LogP contribution in [0.4, 0.5) is 13.2 Å². The Morgan fingerprint density at radius 2 is 1.75 bits per heavy atom. The van der Waals surface area contributed by atoms with Gasteiger partial charge in [0.1, 0.15) is 0 Å². The van der Waals surface area contributed by atoms with Crippen LogP contribution >= 0.6 is 11.6 Å². The molecule has 0 saturated carbocycles. The monoisotopic (exact) mass is 356 g/mol. The second-order valence-corrected chi connectivity index (χ2v) is 7.09. The molecule has 0 spiro atoms. The number of alkyl halides is 3. The summed E-state index contributed by atoms with van der Waals surface area (Å²) in [4.78, 5) is 8.34. The predicted molar refractivity (Wildman–Crippen MR) is 89.2 cm³/mol. The molecule has 2 aromatic rings. The quantitative estimate of drug-likeness (QED) is 0.655. The van der Waals surface area contributed by atoms with Crippen LogP contribution in [0.25, 0.3) is 0 Å². The van der Waals surface area contributed by atoms with E-state index >= 15 is 0 Å². The van der Waals surface area contributed by atoms with Crippen LogP contribution in [0.1, 0.15) is 56.5 Å². The van der Waals surface area contributed by atoms with Gasteiger partial charge in [0, 0.05) is 29.2 Å². The van der Waals surface area contributed by atoms with Gasteiger partial charge < -0.3 is 0 Å². The van der Waals surface area contributed by atoms with Crippen LogP contribution in [0.5, 0.6) is 0 Å². The van der Waals surface area contributed by atoms with Crippen LogP contribution in [0.2, 0.25) is 5.02 Å². The van der Waals surface area contributed by atoms with E-state index in [1.807, 2.05) is 26.0 Å². The second-order valence-electron chi connectivity index (χ2n) is 6.65. The summed E-state index contributed by atoms with van der Waals surface area (Å²) in [6.45, 7) is 6.06. The lowest BCUT2D eigenvalue weighted by molar-refractivity contribution is -0.137. The summed E-state index contributed by atoms with van der Waals surface area (Å²) < 4.78 is 37.9. The van der Waals surface area contributed by atoms with Gasteiger partial charge in [-0.2, -0.15) is 13.2 Å². The first-order valence-electron chi connectivity index (χ1n) is 7.75. The van der Waals surface area contributed by atoms with Gasteiger partial charge in [-0.15, -0.1) is 0 Å². The van der Waals surface area contributed by atoms with Crippen molar-refractivity contribution in [3.63, 3.8) is 0 Å². The molecule has 1 atom stereocenters. The molecular weight excluding hydrogens is 337 g/mol. The van der Waals surface area contributed by atoms with Crippen molar-refractivity contribution in [2.24, 2.45) is 0 Å². The molecule has 2 nitrogen and oxygen atoms in total. The molecule has 2 aromatic heterocycles. The number of aromatic nitrogens is 2. The van der Waals surface area contributed by atoms with Gasteiger partial charge in [-0.25, -0.2) is 0 Å². The summed E-state index contributed by atoms with van der Waals surface area (Å²) in [6, 6.07) is 6.27. The maximum atomic E-state index is 12.6. The van der Waals surface area contributed by atoms with Gasteiger partial charge in [-0.05, 0) is 43.0 Å². The molecule has 0 radical (unpaired) electrons. The Bertz CT molecular complexity index is 664. The first kappa shape index (κ1) is 18.7. The van der Waals surface area contributed by atoms with Crippen molar-refractivity contribution >= 4 is 11.6 Å². The molecule has 2 rings (SSSR count). The minimum atomic E-state index is -4.36. The van der Waals surface area contributed by atoms with E-state index in [9.17, 15) is 13.2 Å². The Kier molecular flexibility index (Phi) is 5.53. The third kappa shape index (κ3) is 4.69. The van der Waals surface area contributed by atoms with Gasteiger partial charge in [0.2, 0.25) is 0 Å². The van der Waals surface area contributed by atoms with Gasteiger partial charge >= 0.3 is 6.18 Å². The van der Waals surface area contributed by atoms with Crippen LogP contribution < -0.4 is 0 Å². The van der Waals surface area contributed by atoms with Crippen LogP contribution in [0.3, 0.4) is 0 Å². The molecule has 24 heavy (non-hydrogen) atoms. The number of pyridine rings is 2. The first-order valence-corrected chi connectivity index (χ1v) is 8.12. The zero-order valence-electron chi connectivity index (χ0n) is 13.9. The van der Waals surface area contributed by atoms with E-state index in [-0.39, 0.29) is 11.3 Å². The minimum Gasteiger partial charge on any atom is -0.260 e. The van der Waals surface area contributed by atoms with Crippen molar-refractivity contribution in [3.05, 3.63) is 58.6 Å². The lowest BCUT2D eigenvalue weighted by Gasteiger charge is -2.26. The summed E-state index contributed by atoms with van der Waals surface area (Å²) in [5, 5.41) is 0.597. The molecule has 1 unspecified atom stereocenters. The summed E-state index contributed by atoms with van der Waals surface area (Å²) in [7, 11) is 0. The molecule has 0 aliphatic rings. The smallest absolute Gasteiger partial charge is 0.260 e. The van der Waals surface area contributed by atoms with Crippen molar-refractivity contribution in [3.8, 4) is 0 Å². The van der Waals surface area contributed by atoms with E-state index in [4.69, 9.17) is 11.6 Å². The predicted octanol–water partition coefficient (Wildman–Crippen LogP) is 6.01. The maximum Gasteiger partial charge on any atom is 0.417 e. The highest BCUT2D eigenvalue weighted by atomic mass is 35.5. The standard InChI is InChI=1S/C18H20ClF3N2/c1-12(15-6-5-14(19)11-23-15)8-9-17(2,3)16-7-4-13(10-24-16)18(20,21)22/h4-7,10-12H,8-9H2,1-3H3. The topological polar surface area (TPSA) is 25.8 Å². The largest absolute Gasteiger partial charge is 0.417 e. The summed E-state index contributed by atoms with van der Waals surface area (Å²) >= 11 is 5.84. The number of hydrogen-bond donors (Lipinski definition) is 0. The van der Waals surface area contributed by atoms with Gasteiger partial charge in [0.05, 0.1) is 10.6 Å². The zero-order chi connectivity index (χ0) is 18.0. The molecule has 0 aromatic carbocycles. The molecule has 0 fully saturated rings. The highest BCUT2D eigenvalue weighted by Gasteiger charge is 2.32. The number of rotatable bonds is 5. The van der Waals surface area contributed by atoms with Crippen molar-refractivity contribution in [2.75, 3.05) is 0 Å². The Morgan fingerprint density at radius 1 is 1.04 bits per heavy atom. The van der Waals surface area contributed by atoms with Gasteiger partial charge in [-0.1, -0.05) is 32.4 Å². The Balaban J connectivity index is 2.03. The normalized spacial score (nSPS) is 13.8. The molecule has 0 N–H and O–H groups in total.